The summed E-state index contributed by atoms with van der Waals surface area (Å²) in [5, 5.41) is 0. The average molecular weight is 476 g/mol. The molecule has 0 aromatic heterocycles. The van der Waals surface area contributed by atoms with Crippen molar-refractivity contribution in [3.8, 4) is 0 Å². The number of rotatable bonds is 6. The molecule has 0 fully saturated rings. The number of para-hydroxylation sites is 2. The molecule has 2 aromatic rings. The van der Waals surface area contributed by atoms with Gasteiger partial charge >= 0.3 is 35.0 Å². The molecule has 2 nitrogen and oxygen atoms in total. The number of anilines is 2. The maximum atomic E-state index is 4.81. The quantitative estimate of drug-likeness (QED) is 0.515. The van der Waals surface area contributed by atoms with Crippen LogP contribution < -0.4 is 9.80 Å². The van der Waals surface area contributed by atoms with Gasteiger partial charge in [-0.05, 0) is 24.3 Å². The Kier molecular flexibility index (Phi) is 10.0. The maximum absolute atomic E-state index is 4.81. The first kappa shape index (κ1) is 21.5. The molecule has 0 saturated carbocycles. The van der Waals surface area contributed by atoms with Crippen molar-refractivity contribution in [3.05, 3.63) is 60.7 Å². The van der Waals surface area contributed by atoms with E-state index in [0.29, 0.717) is 0 Å². The van der Waals surface area contributed by atoms with E-state index in [2.05, 4.69) is 97.7 Å². The fraction of sp³-hybridized carbons (Fsp3) is 0.333. The normalized spacial score (nSPS) is 10.8. The van der Waals surface area contributed by atoms with E-state index in [9.17, 15) is 0 Å². The molecular weight excluding hydrogens is 450 g/mol. The zero-order chi connectivity index (χ0) is 18.0. The average Bonchev–Trinajstić information content (AvgIpc) is 2.56. The summed E-state index contributed by atoms with van der Waals surface area (Å²) in [6.07, 6.45) is 2.32. The molecule has 0 unspecified atom stereocenters. The van der Waals surface area contributed by atoms with Gasteiger partial charge in [-0.2, -0.15) is 0 Å². The van der Waals surface area contributed by atoms with Crippen molar-refractivity contribution in [2.45, 2.75) is 13.1 Å². The Hall–Kier alpha value is -0.501. The topological polar surface area (TPSA) is 6.48 Å². The summed E-state index contributed by atoms with van der Waals surface area (Å²) < 4.78 is 0. The standard InChI is InChI=1S/C18H26N2Si.2ClH.Pd/c1-19(17-11-7-5-8-12-17)15-21(3,4)16-20(2)18-13-9-6-10-14-18;;;/h5-14H,15-16H2,1-4H3;2*1H;/q;;;+2/p-2. The van der Waals surface area contributed by atoms with Gasteiger partial charge in [0.05, 0.1) is 8.07 Å². The van der Waals surface area contributed by atoms with E-state index in [4.69, 9.17) is 19.1 Å². The molecule has 2 rings (SSSR count). The number of halogens is 2. The van der Waals surface area contributed by atoms with Crippen LogP contribution in [0.15, 0.2) is 60.7 Å². The van der Waals surface area contributed by atoms with E-state index in [-0.39, 0.29) is 15.9 Å². The Morgan fingerprint density at radius 1 is 0.750 bits per heavy atom. The van der Waals surface area contributed by atoms with Gasteiger partial charge in [0.1, 0.15) is 0 Å². The fourth-order valence-electron chi connectivity index (χ4n) is 2.88. The molecular formula is C18H26Cl2N2PdSi. The van der Waals surface area contributed by atoms with Crippen LogP contribution in [-0.4, -0.2) is 34.5 Å². The molecule has 0 radical (unpaired) electrons. The Bertz CT molecular complexity index is 520. The molecule has 0 amide bonds. The van der Waals surface area contributed by atoms with Crippen molar-refractivity contribution in [3.63, 3.8) is 0 Å². The molecule has 136 valence electrons. The van der Waals surface area contributed by atoms with Crippen LogP contribution in [0.3, 0.4) is 0 Å². The molecule has 0 spiro atoms. The molecule has 24 heavy (non-hydrogen) atoms. The van der Waals surface area contributed by atoms with Gasteiger partial charge in [0, 0.05) is 37.8 Å². The number of hydrogen-bond donors (Lipinski definition) is 0. The van der Waals surface area contributed by atoms with Crippen molar-refractivity contribution in [1.82, 2.24) is 0 Å². The molecule has 0 aliphatic heterocycles. The second-order valence-corrected chi connectivity index (χ2v) is 13.9. The van der Waals surface area contributed by atoms with Crippen LogP contribution in [0.4, 0.5) is 11.4 Å². The molecule has 6 heteroatoms. The van der Waals surface area contributed by atoms with Crippen molar-refractivity contribution < 1.29 is 15.9 Å². The van der Waals surface area contributed by atoms with Crippen LogP contribution in [0.2, 0.25) is 13.1 Å². The van der Waals surface area contributed by atoms with Crippen LogP contribution in [0, 0.1) is 0 Å². The summed E-state index contributed by atoms with van der Waals surface area (Å²) in [5.41, 5.74) is 2.61. The van der Waals surface area contributed by atoms with E-state index >= 15 is 0 Å². The summed E-state index contributed by atoms with van der Waals surface area (Å²) >= 11 is -0.106. The predicted octanol–water partition coefficient (Wildman–Crippen LogP) is 5.42. The van der Waals surface area contributed by atoms with Crippen molar-refractivity contribution >= 4 is 38.5 Å². The summed E-state index contributed by atoms with van der Waals surface area (Å²) in [4.78, 5) is 4.79. The molecule has 0 saturated heterocycles. The molecule has 0 aliphatic carbocycles. The van der Waals surface area contributed by atoms with E-state index < -0.39 is 8.07 Å². The summed E-state index contributed by atoms with van der Waals surface area (Å²) in [6.45, 7) is 4.93. The van der Waals surface area contributed by atoms with Crippen LogP contribution in [0.1, 0.15) is 0 Å². The Balaban J connectivity index is 0.000000891. The van der Waals surface area contributed by atoms with E-state index in [0.717, 1.165) is 12.3 Å². The van der Waals surface area contributed by atoms with Crippen molar-refractivity contribution in [2.24, 2.45) is 0 Å². The Labute approximate surface area is 163 Å². The monoisotopic (exact) mass is 474 g/mol. The minimum atomic E-state index is -1.34. The summed E-state index contributed by atoms with van der Waals surface area (Å²) in [7, 11) is 12.7. The summed E-state index contributed by atoms with van der Waals surface area (Å²) in [6, 6.07) is 21.3. The second-order valence-electron chi connectivity index (χ2n) is 6.59. The van der Waals surface area contributed by atoms with Gasteiger partial charge in [-0.3, -0.25) is 0 Å². The zero-order valence-electron chi connectivity index (χ0n) is 14.7. The third-order valence-corrected chi connectivity index (χ3v) is 6.39. The number of hydrogen-bond acceptors (Lipinski definition) is 2. The van der Waals surface area contributed by atoms with E-state index in [1.54, 1.807) is 0 Å². The van der Waals surface area contributed by atoms with Crippen molar-refractivity contribution in [2.75, 3.05) is 36.2 Å². The number of benzene rings is 2. The van der Waals surface area contributed by atoms with Gasteiger partial charge in [0.2, 0.25) is 0 Å². The second kappa shape index (κ2) is 11.2. The predicted molar refractivity (Wildman–Crippen MR) is 109 cm³/mol. The van der Waals surface area contributed by atoms with Gasteiger partial charge in [0.25, 0.3) is 0 Å². The zero-order valence-corrected chi connectivity index (χ0v) is 18.7. The SMILES string of the molecule is CN(C[Si](C)(C)CN(C)c1ccccc1)c1ccccc1.[Cl][Pd][Cl]. The first-order valence-electron chi connectivity index (χ1n) is 7.74. The molecule has 0 atom stereocenters. The third kappa shape index (κ3) is 8.05. The van der Waals surface area contributed by atoms with Gasteiger partial charge in [-0.1, -0.05) is 49.5 Å². The molecule has 0 bridgehead atoms. The Morgan fingerprint density at radius 2 is 1.04 bits per heavy atom. The first-order chi connectivity index (χ1) is 11.4. The van der Waals surface area contributed by atoms with Gasteiger partial charge in [-0.25, -0.2) is 0 Å². The van der Waals surface area contributed by atoms with Crippen molar-refractivity contribution in [1.29, 1.82) is 0 Å². The fourth-order valence-corrected chi connectivity index (χ4v) is 5.91. The van der Waals surface area contributed by atoms with Crippen LogP contribution in [0.25, 0.3) is 0 Å². The molecule has 0 N–H and O–H groups in total. The third-order valence-electron chi connectivity index (χ3n) is 3.72. The van der Waals surface area contributed by atoms with Crippen LogP contribution in [0.5, 0.6) is 0 Å². The van der Waals surface area contributed by atoms with E-state index in [1.165, 1.54) is 11.4 Å². The number of nitrogens with zero attached hydrogens (tertiary/aromatic N) is 2. The minimum absolute atomic E-state index is 0.106. The van der Waals surface area contributed by atoms with Crippen LogP contribution in [-0.2, 0) is 15.9 Å². The van der Waals surface area contributed by atoms with E-state index in [1.807, 2.05) is 0 Å². The Morgan fingerprint density at radius 3 is 1.33 bits per heavy atom. The molecule has 2 aromatic carbocycles. The van der Waals surface area contributed by atoms with Gasteiger partial charge < -0.3 is 9.80 Å². The molecule has 0 aliphatic rings. The van der Waals surface area contributed by atoms with Gasteiger partial charge in [0.15, 0.2) is 0 Å². The summed E-state index contributed by atoms with van der Waals surface area (Å²) in [5.74, 6) is 0. The molecule has 0 heterocycles. The first-order valence-corrected chi connectivity index (χ1v) is 15.2. The van der Waals surface area contributed by atoms with Crippen LogP contribution >= 0.6 is 19.1 Å². The van der Waals surface area contributed by atoms with Gasteiger partial charge in [-0.15, -0.1) is 0 Å².